The van der Waals surface area contributed by atoms with Crippen LogP contribution in [0.15, 0.2) is 169 Å². The Kier molecular flexibility index (Phi) is 6.70. The van der Waals surface area contributed by atoms with Crippen LogP contribution in [0.25, 0.3) is 99.9 Å². The van der Waals surface area contributed by atoms with Gasteiger partial charge in [-0.15, -0.1) is 0 Å². The molecule has 10 rings (SSSR count). The number of furan rings is 1. The lowest BCUT2D eigenvalue weighted by Gasteiger charge is -2.11. The molecule has 6 nitrogen and oxygen atoms in total. The molecule has 0 N–H and O–H groups in total. The lowest BCUT2D eigenvalue weighted by atomic mass is 9.95. The molecule has 0 aliphatic carbocycles. The Labute approximate surface area is 292 Å². The highest BCUT2D eigenvalue weighted by Gasteiger charge is 2.24. The van der Waals surface area contributed by atoms with E-state index in [2.05, 4.69) is 94.9 Å². The molecular weight excluding hydrogens is 627 g/mol. The minimum Gasteiger partial charge on any atom is -0.455 e. The van der Waals surface area contributed by atoms with Gasteiger partial charge in [-0.05, 0) is 48.5 Å². The Morgan fingerprint density at radius 1 is 0.451 bits per heavy atom. The number of benzene rings is 4. The quantitative estimate of drug-likeness (QED) is 0.172. The fourth-order valence-electron chi connectivity index (χ4n) is 7.01. The number of pyridine rings is 5. The molecular formula is C45H27N5O. The summed E-state index contributed by atoms with van der Waals surface area (Å²) < 4.78 is 6.83. The van der Waals surface area contributed by atoms with Gasteiger partial charge < -0.3 is 4.42 Å². The first kappa shape index (κ1) is 28.9. The first-order chi connectivity index (χ1) is 25.3. The molecule has 238 valence electrons. The highest BCUT2D eigenvalue weighted by atomic mass is 16.3. The fraction of sp³-hybridized carbons (Fsp3) is 0. The summed E-state index contributed by atoms with van der Waals surface area (Å²) in [5.74, 6) is 0.729. The first-order valence-electron chi connectivity index (χ1n) is 16.8. The van der Waals surface area contributed by atoms with Crippen molar-refractivity contribution in [2.24, 2.45) is 0 Å². The van der Waals surface area contributed by atoms with Crippen LogP contribution in [0.1, 0.15) is 0 Å². The maximum atomic E-state index is 6.83. The molecule has 0 fully saturated rings. The molecule has 6 aromatic heterocycles. The van der Waals surface area contributed by atoms with Crippen molar-refractivity contribution in [1.29, 1.82) is 0 Å². The predicted molar refractivity (Wildman–Crippen MR) is 205 cm³/mol. The molecule has 4 aromatic carbocycles. The fourth-order valence-corrected chi connectivity index (χ4v) is 7.01. The molecule has 6 heteroatoms. The van der Waals surface area contributed by atoms with Crippen molar-refractivity contribution in [2.75, 3.05) is 0 Å². The highest BCUT2D eigenvalue weighted by molar-refractivity contribution is 6.17. The Bertz CT molecular complexity index is 2910. The normalized spacial score (nSPS) is 11.5. The molecule has 0 amide bonds. The SMILES string of the molecule is c1ccc(-c2ccc3ccc4ccc(-c5cccc(-c6nc7ccccc7c7oc(-c8cccnc8)c(-c8cccnc8)c67)c5)nc4c3n2)cc1. The standard InChI is InChI=1S/C45H27N5O/c1-2-9-28(10-3-1)36-21-19-29-17-18-30-20-22-37(49-43(30)42(29)48-36)31-11-6-12-32(25-31)41-40-39(33-13-7-23-46-26-33)44(34-14-8-24-47-27-34)51-45(40)35-15-4-5-16-38(35)50-41/h1-27H. The van der Waals surface area contributed by atoms with E-state index in [9.17, 15) is 0 Å². The van der Waals surface area contributed by atoms with E-state index >= 15 is 0 Å². The minimum absolute atomic E-state index is 0.729. The number of fused-ring (bicyclic) bond motifs is 6. The van der Waals surface area contributed by atoms with Gasteiger partial charge in [0.05, 0.1) is 39.0 Å². The van der Waals surface area contributed by atoms with Crippen LogP contribution in [-0.2, 0) is 0 Å². The molecule has 0 radical (unpaired) electrons. The number of rotatable bonds is 5. The monoisotopic (exact) mass is 653 g/mol. The Balaban J connectivity index is 1.19. The summed E-state index contributed by atoms with van der Waals surface area (Å²) >= 11 is 0. The van der Waals surface area contributed by atoms with Gasteiger partial charge >= 0.3 is 0 Å². The molecule has 0 aliphatic heterocycles. The van der Waals surface area contributed by atoms with Crippen LogP contribution in [0, 0.1) is 0 Å². The summed E-state index contributed by atoms with van der Waals surface area (Å²) in [5.41, 5.74) is 11.7. The van der Waals surface area contributed by atoms with Gasteiger partial charge in [-0.1, -0.05) is 91.0 Å². The van der Waals surface area contributed by atoms with Crippen molar-refractivity contribution in [1.82, 2.24) is 24.9 Å². The zero-order valence-electron chi connectivity index (χ0n) is 27.2. The van der Waals surface area contributed by atoms with E-state index in [4.69, 9.17) is 19.4 Å². The lowest BCUT2D eigenvalue weighted by molar-refractivity contribution is 0.635. The Morgan fingerprint density at radius 2 is 1.06 bits per heavy atom. The van der Waals surface area contributed by atoms with Crippen LogP contribution >= 0.6 is 0 Å². The van der Waals surface area contributed by atoms with Crippen molar-refractivity contribution in [3.8, 4) is 56.2 Å². The third-order valence-electron chi connectivity index (χ3n) is 9.42. The largest absolute Gasteiger partial charge is 0.455 e. The van der Waals surface area contributed by atoms with Crippen molar-refractivity contribution >= 4 is 43.7 Å². The van der Waals surface area contributed by atoms with Crippen LogP contribution < -0.4 is 0 Å². The van der Waals surface area contributed by atoms with E-state index in [1.54, 1.807) is 12.4 Å². The van der Waals surface area contributed by atoms with Crippen LogP contribution in [0.3, 0.4) is 0 Å². The molecule has 0 saturated heterocycles. The summed E-state index contributed by atoms with van der Waals surface area (Å²) in [6.45, 7) is 0. The average Bonchev–Trinajstić information content (AvgIpc) is 3.62. The van der Waals surface area contributed by atoms with E-state index in [1.165, 1.54) is 0 Å². The molecule has 0 bridgehead atoms. The third kappa shape index (κ3) is 4.92. The van der Waals surface area contributed by atoms with Gasteiger partial charge in [0.25, 0.3) is 0 Å². The summed E-state index contributed by atoms with van der Waals surface area (Å²) in [6.07, 6.45) is 7.26. The highest BCUT2D eigenvalue weighted by Crippen LogP contribution is 2.46. The second kappa shape index (κ2) is 11.8. The maximum absolute atomic E-state index is 6.83. The summed E-state index contributed by atoms with van der Waals surface area (Å²) in [4.78, 5) is 24.6. The van der Waals surface area contributed by atoms with Gasteiger partial charge in [0.2, 0.25) is 0 Å². The number of hydrogen-bond acceptors (Lipinski definition) is 6. The van der Waals surface area contributed by atoms with Gasteiger partial charge in [-0.25, -0.2) is 15.0 Å². The van der Waals surface area contributed by atoms with Crippen molar-refractivity contribution < 1.29 is 4.42 Å². The first-order valence-corrected chi connectivity index (χ1v) is 16.8. The van der Waals surface area contributed by atoms with Gasteiger partial charge in [0, 0.05) is 74.3 Å². The van der Waals surface area contributed by atoms with Gasteiger partial charge in [0.1, 0.15) is 11.3 Å². The maximum Gasteiger partial charge on any atom is 0.147 e. The molecule has 0 aliphatic rings. The molecule has 51 heavy (non-hydrogen) atoms. The summed E-state index contributed by atoms with van der Waals surface area (Å²) in [6, 6.07) is 47.4. The zero-order chi connectivity index (χ0) is 33.7. The second-order valence-electron chi connectivity index (χ2n) is 12.5. The van der Waals surface area contributed by atoms with Crippen LogP contribution in [0.2, 0.25) is 0 Å². The van der Waals surface area contributed by atoms with E-state index in [0.717, 1.165) is 99.9 Å². The molecule has 0 atom stereocenters. The summed E-state index contributed by atoms with van der Waals surface area (Å²) in [7, 11) is 0. The second-order valence-corrected chi connectivity index (χ2v) is 12.5. The molecule has 0 spiro atoms. The van der Waals surface area contributed by atoms with Crippen LogP contribution in [-0.4, -0.2) is 24.9 Å². The Hall–Kier alpha value is -7.05. The van der Waals surface area contributed by atoms with E-state index < -0.39 is 0 Å². The van der Waals surface area contributed by atoms with Crippen molar-refractivity contribution in [3.05, 3.63) is 164 Å². The molecule has 0 saturated carbocycles. The van der Waals surface area contributed by atoms with Gasteiger partial charge in [-0.3, -0.25) is 9.97 Å². The summed E-state index contributed by atoms with van der Waals surface area (Å²) in [5, 5.41) is 3.96. The number of aromatic nitrogens is 5. The Morgan fingerprint density at radius 3 is 1.78 bits per heavy atom. The predicted octanol–water partition coefficient (Wildman–Crippen LogP) is 11.2. The number of hydrogen-bond donors (Lipinski definition) is 0. The topological polar surface area (TPSA) is 77.6 Å². The smallest absolute Gasteiger partial charge is 0.147 e. The lowest BCUT2D eigenvalue weighted by Crippen LogP contribution is -1.92. The van der Waals surface area contributed by atoms with Gasteiger partial charge in [-0.2, -0.15) is 0 Å². The van der Waals surface area contributed by atoms with Crippen LogP contribution in [0.4, 0.5) is 0 Å². The van der Waals surface area contributed by atoms with E-state index in [1.807, 2.05) is 67.0 Å². The molecule has 10 aromatic rings. The third-order valence-corrected chi connectivity index (χ3v) is 9.42. The van der Waals surface area contributed by atoms with Crippen molar-refractivity contribution in [2.45, 2.75) is 0 Å². The average molecular weight is 654 g/mol. The number of para-hydroxylation sites is 1. The minimum atomic E-state index is 0.729. The van der Waals surface area contributed by atoms with E-state index in [-0.39, 0.29) is 0 Å². The van der Waals surface area contributed by atoms with Crippen LogP contribution in [0.5, 0.6) is 0 Å². The van der Waals surface area contributed by atoms with Crippen molar-refractivity contribution in [3.63, 3.8) is 0 Å². The molecule has 6 heterocycles. The van der Waals surface area contributed by atoms with E-state index in [0.29, 0.717) is 0 Å². The number of nitrogens with zero attached hydrogens (tertiary/aromatic N) is 5. The zero-order valence-corrected chi connectivity index (χ0v) is 27.2. The van der Waals surface area contributed by atoms with Gasteiger partial charge in [0.15, 0.2) is 0 Å². The molecule has 0 unspecified atom stereocenters.